The third kappa shape index (κ3) is 3.39. The maximum atomic E-state index is 12.8. The first-order chi connectivity index (χ1) is 12.0. The van der Waals surface area contributed by atoms with Gasteiger partial charge in [-0.05, 0) is 13.8 Å². The molecule has 25 heavy (non-hydrogen) atoms. The van der Waals surface area contributed by atoms with Gasteiger partial charge in [-0.15, -0.1) is 10.2 Å². The van der Waals surface area contributed by atoms with Gasteiger partial charge in [-0.1, -0.05) is 11.8 Å². The van der Waals surface area contributed by atoms with Gasteiger partial charge in [0.1, 0.15) is 5.82 Å². The molecule has 8 nitrogen and oxygen atoms in total. The molecule has 3 rings (SSSR count). The average Bonchev–Trinajstić information content (AvgIpc) is 3.23. The van der Waals surface area contributed by atoms with Gasteiger partial charge in [-0.25, -0.2) is 0 Å². The van der Waals surface area contributed by atoms with Crippen LogP contribution in [-0.2, 0) is 16.1 Å². The van der Waals surface area contributed by atoms with E-state index in [2.05, 4.69) is 32.3 Å². The summed E-state index contributed by atoms with van der Waals surface area (Å²) >= 11 is 1.60. The van der Waals surface area contributed by atoms with Gasteiger partial charge in [-0.2, -0.15) is 0 Å². The summed E-state index contributed by atoms with van der Waals surface area (Å²) < 4.78 is 2.06. The van der Waals surface area contributed by atoms with Gasteiger partial charge in [0, 0.05) is 57.9 Å². The van der Waals surface area contributed by atoms with Gasteiger partial charge < -0.3 is 20.1 Å². The van der Waals surface area contributed by atoms with Gasteiger partial charge in [0.05, 0.1) is 5.41 Å². The van der Waals surface area contributed by atoms with Crippen LogP contribution in [0, 0.1) is 18.3 Å². The van der Waals surface area contributed by atoms with Crippen molar-refractivity contribution in [1.82, 2.24) is 30.3 Å². The predicted octanol–water partition coefficient (Wildman–Crippen LogP) is -0.117. The molecule has 2 aliphatic rings. The van der Waals surface area contributed by atoms with Crippen molar-refractivity contribution in [2.75, 3.05) is 38.5 Å². The Hall–Kier alpha value is -1.61. The molecule has 0 aliphatic carbocycles. The average molecular weight is 366 g/mol. The summed E-state index contributed by atoms with van der Waals surface area (Å²) in [5, 5.41) is 15.5. The summed E-state index contributed by atoms with van der Waals surface area (Å²) in [7, 11) is 0. The lowest BCUT2D eigenvalue weighted by Gasteiger charge is -2.26. The molecule has 0 unspecified atom stereocenters. The maximum Gasteiger partial charge on any atom is 0.229 e. The highest BCUT2D eigenvalue weighted by atomic mass is 32.2. The zero-order chi connectivity index (χ0) is 18.0. The third-order valence-electron chi connectivity index (χ3n) is 5.26. The van der Waals surface area contributed by atoms with Crippen molar-refractivity contribution < 1.29 is 9.59 Å². The summed E-state index contributed by atoms with van der Waals surface area (Å²) in [4.78, 5) is 26.3. The lowest BCUT2D eigenvalue weighted by Crippen LogP contribution is -2.48. The summed E-state index contributed by atoms with van der Waals surface area (Å²) in [6, 6.07) is 0. The number of carbonyl (C=O) groups excluding carboxylic acids is 2. The van der Waals surface area contributed by atoms with Crippen LogP contribution in [0.1, 0.15) is 19.7 Å². The van der Waals surface area contributed by atoms with Crippen LogP contribution in [0.15, 0.2) is 5.16 Å². The second-order valence-corrected chi connectivity index (χ2v) is 7.82. The number of aromatic nitrogens is 3. The van der Waals surface area contributed by atoms with Crippen LogP contribution >= 0.6 is 11.8 Å². The van der Waals surface area contributed by atoms with Crippen molar-refractivity contribution in [3.63, 3.8) is 0 Å². The molecule has 2 amide bonds. The normalized spacial score (nSPS) is 25.2. The van der Waals surface area contributed by atoms with E-state index >= 15 is 0 Å². The number of hydrogen-bond acceptors (Lipinski definition) is 6. The van der Waals surface area contributed by atoms with Crippen LogP contribution in [0.2, 0.25) is 0 Å². The molecule has 2 atom stereocenters. The van der Waals surface area contributed by atoms with Crippen molar-refractivity contribution in [3.8, 4) is 0 Å². The fourth-order valence-electron chi connectivity index (χ4n) is 3.80. The molecular formula is C16H26N6O2S. The van der Waals surface area contributed by atoms with Crippen molar-refractivity contribution in [2.24, 2.45) is 11.3 Å². The van der Waals surface area contributed by atoms with Crippen LogP contribution in [0.5, 0.6) is 0 Å². The molecule has 138 valence electrons. The minimum absolute atomic E-state index is 0.0476. The smallest absolute Gasteiger partial charge is 0.229 e. The summed E-state index contributed by atoms with van der Waals surface area (Å²) in [6.07, 6.45) is 0. The van der Waals surface area contributed by atoms with Crippen molar-refractivity contribution >= 4 is 23.6 Å². The summed E-state index contributed by atoms with van der Waals surface area (Å²) in [5.41, 5.74) is -0.476. The Morgan fingerprint density at radius 2 is 2.24 bits per heavy atom. The molecule has 0 saturated carbocycles. The zero-order valence-corrected chi connectivity index (χ0v) is 15.9. The highest BCUT2D eigenvalue weighted by molar-refractivity contribution is 7.99. The number of nitrogens with zero attached hydrogens (tertiary/aromatic N) is 4. The molecule has 0 spiro atoms. The zero-order valence-electron chi connectivity index (χ0n) is 15.0. The number of likely N-dealkylation sites (tertiary alicyclic amines) is 1. The van der Waals surface area contributed by atoms with Crippen molar-refractivity contribution in [3.05, 3.63) is 5.82 Å². The standard InChI is InChI=1S/C16H26N6O2S/c1-4-22-11(2)19-20-15(22)25-6-5-18-14(24)16-9-17-7-13(16)8-21(10-16)12(3)23/h13,17H,4-10H2,1-3H3,(H,18,24)/t13-,16-/m1/s1. The van der Waals surface area contributed by atoms with Crippen LogP contribution in [0.4, 0.5) is 0 Å². The van der Waals surface area contributed by atoms with E-state index in [1.165, 1.54) is 0 Å². The molecule has 2 N–H and O–H groups in total. The van der Waals surface area contributed by atoms with Crippen LogP contribution < -0.4 is 10.6 Å². The first kappa shape index (κ1) is 18.2. The second-order valence-electron chi connectivity index (χ2n) is 6.76. The number of rotatable bonds is 6. The second kappa shape index (κ2) is 7.33. The van der Waals surface area contributed by atoms with E-state index in [0.717, 1.165) is 29.8 Å². The Bertz CT molecular complexity index is 663. The lowest BCUT2D eigenvalue weighted by atomic mass is 9.80. The minimum atomic E-state index is -0.476. The lowest BCUT2D eigenvalue weighted by molar-refractivity contribution is -0.132. The number of fused-ring (bicyclic) bond motifs is 1. The number of hydrogen-bond donors (Lipinski definition) is 2. The van der Waals surface area contributed by atoms with E-state index in [4.69, 9.17) is 0 Å². The summed E-state index contributed by atoms with van der Waals surface area (Å²) in [6.45, 7) is 9.62. The highest BCUT2D eigenvalue weighted by Gasteiger charge is 2.55. The van der Waals surface area contributed by atoms with Gasteiger partial charge >= 0.3 is 0 Å². The molecule has 0 radical (unpaired) electrons. The van der Waals surface area contributed by atoms with Crippen LogP contribution in [-0.4, -0.2) is 70.0 Å². The van der Waals surface area contributed by atoms with E-state index in [9.17, 15) is 9.59 Å². The SMILES string of the molecule is CCn1c(C)nnc1SCCNC(=O)[C@@]12CNC[C@@H]1CN(C(C)=O)C2. The van der Waals surface area contributed by atoms with Crippen LogP contribution in [0.25, 0.3) is 0 Å². The Labute approximate surface area is 152 Å². The van der Waals surface area contributed by atoms with E-state index in [0.29, 0.717) is 26.2 Å². The third-order valence-corrected chi connectivity index (χ3v) is 6.23. The van der Waals surface area contributed by atoms with Crippen LogP contribution in [0.3, 0.4) is 0 Å². The fourth-order valence-corrected chi connectivity index (χ4v) is 4.70. The number of thioether (sulfide) groups is 1. The molecule has 1 aromatic rings. The van der Waals surface area contributed by atoms with E-state index in [-0.39, 0.29) is 17.7 Å². The maximum absolute atomic E-state index is 12.8. The van der Waals surface area contributed by atoms with Gasteiger partial charge in [0.25, 0.3) is 0 Å². The van der Waals surface area contributed by atoms with Gasteiger partial charge in [0.15, 0.2) is 5.16 Å². The molecular weight excluding hydrogens is 340 g/mol. The number of carbonyl (C=O) groups is 2. The number of aryl methyl sites for hydroxylation is 1. The molecule has 2 aliphatic heterocycles. The quantitative estimate of drug-likeness (QED) is 0.539. The molecule has 0 aromatic carbocycles. The minimum Gasteiger partial charge on any atom is -0.355 e. The monoisotopic (exact) mass is 366 g/mol. The van der Waals surface area contributed by atoms with Gasteiger partial charge in [-0.3, -0.25) is 9.59 Å². The molecule has 2 fully saturated rings. The van der Waals surface area contributed by atoms with Crippen molar-refractivity contribution in [2.45, 2.75) is 32.5 Å². The predicted molar refractivity (Wildman–Crippen MR) is 95.2 cm³/mol. The molecule has 0 bridgehead atoms. The van der Waals surface area contributed by atoms with E-state index < -0.39 is 5.41 Å². The van der Waals surface area contributed by atoms with Gasteiger partial charge in [0.2, 0.25) is 11.8 Å². The topological polar surface area (TPSA) is 92.2 Å². The Morgan fingerprint density at radius 1 is 1.44 bits per heavy atom. The Morgan fingerprint density at radius 3 is 2.96 bits per heavy atom. The first-order valence-electron chi connectivity index (χ1n) is 8.75. The molecule has 9 heteroatoms. The van der Waals surface area contributed by atoms with E-state index in [1.54, 1.807) is 23.6 Å². The molecule has 2 saturated heterocycles. The van der Waals surface area contributed by atoms with E-state index in [1.807, 2.05) is 6.92 Å². The first-order valence-corrected chi connectivity index (χ1v) is 9.73. The highest BCUT2D eigenvalue weighted by Crippen LogP contribution is 2.39. The Balaban J connectivity index is 1.53. The fraction of sp³-hybridized carbons (Fsp3) is 0.750. The number of nitrogens with one attached hydrogen (secondary N) is 2. The summed E-state index contributed by atoms with van der Waals surface area (Å²) in [5.74, 6) is 1.96. The largest absolute Gasteiger partial charge is 0.355 e. The molecule has 1 aromatic heterocycles. The van der Waals surface area contributed by atoms with Crippen molar-refractivity contribution in [1.29, 1.82) is 0 Å². The number of amides is 2. The molecule has 3 heterocycles. The Kier molecular flexibility index (Phi) is 5.33.